The van der Waals surface area contributed by atoms with E-state index < -0.39 is 0 Å². The third kappa shape index (κ3) is 6.08. The molecule has 0 aliphatic carbocycles. The number of nitrogens with one attached hydrogen (secondary N) is 1. The van der Waals surface area contributed by atoms with Crippen LogP contribution in [0.1, 0.15) is 37.0 Å². The highest BCUT2D eigenvalue weighted by molar-refractivity contribution is 6.30. The van der Waals surface area contributed by atoms with E-state index in [-0.39, 0.29) is 18.3 Å². The number of ketones is 1. The molecular weight excluding hydrogens is 354 g/mol. The highest BCUT2D eigenvalue weighted by atomic mass is 35.5. The molecule has 0 heterocycles. The quantitative estimate of drug-likeness (QED) is 0.508. The molecule has 0 bridgehead atoms. The fraction of sp³-hybridized carbons (Fsp3) is 0.300. The summed E-state index contributed by atoms with van der Waals surface area (Å²) in [4.78, 5) is 23.6. The van der Waals surface area contributed by atoms with Crippen LogP contribution in [0.4, 0.5) is 5.69 Å². The summed E-state index contributed by atoms with van der Waals surface area (Å²) in [6, 6.07) is 12.1. The first-order valence-corrected chi connectivity index (χ1v) is 8.83. The number of amides is 1. The standard InChI is InChI=1S/C20H22ClNO4/c1-3-5-20(24)22-16-8-9-19(18(13-16)14(2)23)26-11-10-25-17-7-4-6-15(21)12-17/h4,6-9,12-13H,3,5,10-11H2,1-2H3,(H,22,24). The zero-order valence-electron chi connectivity index (χ0n) is 14.9. The van der Waals surface area contributed by atoms with E-state index in [1.807, 2.05) is 6.92 Å². The summed E-state index contributed by atoms with van der Waals surface area (Å²) < 4.78 is 11.2. The molecule has 6 heteroatoms. The summed E-state index contributed by atoms with van der Waals surface area (Å²) in [5.74, 6) is 0.899. The van der Waals surface area contributed by atoms with Gasteiger partial charge in [0.15, 0.2) is 5.78 Å². The second-order valence-corrected chi connectivity index (χ2v) is 6.16. The van der Waals surface area contributed by atoms with Gasteiger partial charge in [-0.15, -0.1) is 0 Å². The number of ether oxygens (including phenoxy) is 2. The molecule has 26 heavy (non-hydrogen) atoms. The number of Topliss-reactive ketones (excluding diaryl/α,β-unsaturated/α-hetero) is 1. The van der Waals surface area contributed by atoms with Crippen LogP contribution in [0.25, 0.3) is 0 Å². The molecule has 0 fully saturated rings. The minimum Gasteiger partial charge on any atom is -0.490 e. The summed E-state index contributed by atoms with van der Waals surface area (Å²) in [6.45, 7) is 3.98. The van der Waals surface area contributed by atoms with Crippen molar-refractivity contribution in [2.24, 2.45) is 0 Å². The lowest BCUT2D eigenvalue weighted by Crippen LogP contribution is -2.13. The van der Waals surface area contributed by atoms with E-state index in [9.17, 15) is 9.59 Å². The van der Waals surface area contributed by atoms with E-state index in [1.54, 1.807) is 42.5 Å². The van der Waals surface area contributed by atoms with Gasteiger partial charge >= 0.3 is 0 Å². The SMILES string of the molecule is CCCC(=O)Nc1ccc(OCCOc2cccc(Cl)c2)c(C(C)=O)c1. The van der Waals surface area contributed by atoms with E-state index >= 15 is 0 Å². The molecule has 0 atom stereocenters. The lowest BCUT2D eigenvalue weighted by Gasteiger charge is -2.13. The van der Waals surface area contributed by atoms with Crippen molar-refractivity contribution < 1.29 is 19.1 Å². The van der Waals surface area contributed by atoms with Crippen LogP contribution in [-0.4, -0.2) is 24.9 Å². The molecule has 5 nitrogen and oxygen atoms in total. The summed E-state index contributed by atoms with van der Waals surface area (Å²) >= 11 is 5.90. The van der Waals surface area contributed by atoms with Crippen LogP contribution in [0.5, 0.6) is 11.5 Å². The van der Waals surface area contributed by atoms with Crippen molar-refractivity contribution in [2.75, 3.05) is 18.5 Å². The fourth-order valence-corrected chi connectivity index (χ4v) is 2.51. The molecule has 1 amide bonds. The lowest BCUT2D eigenvalue weighted by molar-refractivity contribution is -0.116. The number of benzene rings is 2. The summed E-state index contributed by atoms with van der Waals surface area (Å²) in [5, 5.41) is 3.38. The van der Waals surface area contributed by atoms with Gasteiger partial charge in [-0.3, -0.25) is 9.59 Å². The van der Waals surface area contributed by atoms with Gasteiger partial charge in [0, 0.05) is 17.1 Å². The molecule has 2 rings (SSSR count). The molecule has 138 valence electrons. The van der Waals surface area contributed by atoms with Crippen molar-refractivity contribution in [3.8, 4) is 11.5 Å². The monoisotopic (exact) mass is 375 g/mol. The Morgan fingerprint density at radius 3 is 2.54 bits per heavy atom. The van der Waals surface area contributed by atoms with Crippen LogP contribution in [0.3, 0.4) is 0 Å². The largest absolute Gasteiger partial charge is 0.490 e. The third-order valence-corrected chi connectivity index (χ3v) is 3.76. The van der Waals surface area contributed by atoms with Crippen LogP contribution in [0, 0.1) is 0 Å². The smallest absolute Gasteiger partial charge is 0.224 e. The van der Waals surface area contributed by atoms with Crippen molar-refractivity contribution in [3.63, 3.8) is 0 Å². The maximum Gasteiger partial charge on any atom is 0.224 e. The Bertz CT molecular complexity index is 776. The minimum absolute atomic E-state index is 0.0782. The maximum absolute atomic E-state index is 11.9. The second-order valence-electron chi connectivity index (χ2n) is 5.72. The predicted octanol–water partition coefficient (Wildman–Crippen LogP) is 4.74. The molecule has 0 unspecified atom stereocenters. The molecule has 0 spiro atoms. The Hall–Kier alpha value is -2.53. The maximum atomic E-state index is 11.9. The van der Waals surface area contributed by atoms with E-state index in [0.717, 1.165) is 6.42 Å². The first kappa shape index (κ1) is 19.8. The van der Waals surface area contributed by atoms with Gasteiger partial charge in [-0.05, 0) is 49.7 Å². The average Bonchev–Trinajstić information content (AvgIpc) is 2.59. The van der Waals surface area contributed by atoms with Gasteiger partial charge in [-0.1, -0.05) is 24.6 Å². The molecule has 0 saturated heterocycles. The predicted molar refractivity (Wildman–Crippen MR) is 102 cm³/mol. The molecule has 0 saturated carbocycles. The van der Waals surface area contributed by atoms with Crippen molar-refractivity contribution in [3.05, 3.63) is 53.1 Å². The molecule has 2 aromatic carbocycles. The molecule has 0 radical (unpaired) electrons. The van der Waals surface area contributed by atoms with Gasteiger partial charge in [0.25, 0.3) is 0 Å². The van der Waals surface area contributed by atoms with Crippen LogP contribution in [0.2, 0.25) is 5.02 Å². The Labute approximate surface area is 158 Å². The zero-order chi connectivity index (χ0) is 18.9. The number of carbonyl (C=O) groups excluding carboxylic acids is 2. The topological polar surface area (TPSA) is 64.6 Å². The molecule has 1 N–H and O–H groups in total. The molecule has 0 aliphatic rings. The molecule has 0 aromatic heterocycles. The minimum atomic E-state index is -0.137. The van der Waals surface area contributed by atoms with Gasteiger partial charge in [0.1, 0.15) is 24.7 Å². The van der Waals surface area contributed by atoms with Crippen molar-refractivity contribution in [2.45, 2.75) is 26.7 Å². The second kappa shape index (κ2) is 9.82. The Kier molecular flexibility index (Phi) is 7.48. The van der Waals surface area contributed by atoms with Gasteiger partial charge in [-0.2, -0.15) is 0 Å². The number of hydrogen-bond donors (Lipinski definition) is 1. The van der Waals surface area contributed by atoms with Crippen molar-refractivity contribution >= 4 is 29.0 Å². The van der Waals surface area contributed by atoms with E-state index in [1.165, 1.54) is 6.92 Å². The number of halogens is 1. The first-order chi connectivity index (χ1) is 12.5. The fourth-order valence-electron chi connectivity index (χ4n) is 2.33. The van der Waals surface area contributed by atoms with Crippen LogP contribution >= 0.6 is 11.6 Å². The Morgan fingerprint density at radius 2 is 1.85 bits per heavy atom. The number of hydrogen-bond acceptors (Lipinski definition) is 4. The van der Waals surface area contributed by atoms with Crippen LogP contribution < -0.4 is 14.8 Å². The third-order valence-electron chi connectivity index (χ3n) is 3.53. The number of carbonyl (C=O) groups is 2. The average molecular weight is 376 g/mol. The van der Waals surface area contributed by atoms with Gasteiger partial charge in [-0.25, -0.2) is 0 Å². The van der Waals surface area contributed by atoms with Gasteiger partial charge in [0.05, 0.1) is 5.56 Å². The van der Waals surface area contributed by atoms with Crippen molar-refractivity contribution in [1.82, 2.24) is 0 Å². The summed E-state index contributed by atoms with van der Waals surface area (Å²) in [5.41, 5.74) is 0.998. The Morgan fingerprint density at radius 1 is 1.08 bits per heavy atom. The normalized spacial score (nSPS) is 10.3. The highest BCUT2D eigenvalue weighted by Crippen LogP contribution is 2.24. The van der Waals surface area contributed by atoms with Gasteiger partial charge in [0.2, 0.25) is 5.91 Å². The summed E-state index contributed by atoms with van der Waals surface area (Å²) in [6.07, 6.45) is 1.20. The highest BCUT2D eigenvalue weighted by Gasteiger charge is 2.11. The Balaban J connectivity index is 1.95. The zero-order valence-corrected chi connectivity index (χ0v) is 15.6. The molecule has 0 aliphatic heterocycles. The lowest BCUT2D eigenvalue weighted by atomic mass is 10.1. The summed E-state index contributed by atoms with van der Waals surface area (Å²) in [7, 11) is 0. The molecule has 2 aromatic rings. The van der Waals surface area contributed by atoms with E-state index in [4.69, 9.17) is 21.1 Å². The van der Waals surface area contributed by atoms with E-state index in [0.29, 0.717) is 40.8 Å². The van der Waals surface area contributed by atoms with E-state index in [2.05, 4.69) is 5.32 Å². The van der Waals surface area contributed by atoms with Crippen LogP contribution in [0.15, 0.2) is 42.5 Å². The first-order valence-electron chi connectivity index (χ1n) is 8.45. The van der Waals surface area contributed by atoms with Crippen LogP contribution in [-0.2, 0) is 4.79 Å². The van der Waals surface area contributed by atoms with Gasteiger partial charge < -0.3 is 14.8 Å². The number of rotatable bonds is 9. The molecular formula is C20H22ClNO4. The van der Waals surface area contributed by atoms with Crippen molar-refractivity contribution in [1.29, 1.82) is 0 Å². The number of anilines is 1.